The molecule has 0 radical (unpaired) electrons. The summed E-state index contributed by atoms with van der Waals surface area (Å²) >= 11 is 5.87. The molecule has 0 saturated heterocycles. The number of rotatable bonds is 8. The van der Waals surface area contributed by atoms with Gasteiger partial charge in [-0.15, -0.1) is 0 Å². The van der Waals surface area contributed by atoms with Gasteiger partial charge in [0.25, 0.3) is 5.89 Å². The highest BCUT2D eigenvalue weighted by Crippen LogP contribution is 2.22. The molecule has 0 bridgehead atoms. The van der Waals surface area contributed by atoms with Crippen molar-refractivity contribution in [2.45, 2.75) is 20.1 Å². The maximum atomic E-state index is 12.3. The molecule has 0 saturated carbocycles. The predicted molar refractivity (Wildman–Crippen MR) is 102 cm³/mol. The van der Waals surface area contributed by atoms with Gasteiger partial charge in [-0.05, 0) is 49.4 Å². The highest BCUT2D eigenvalue weighted by Gasteiger charge is 2.14. The van der Waals surface area contributed by atoms with Gasteiger partial charge < -0.3 is 18.7 Å². The van der Waals surface area contributed by atoms with Crippen molar-refractivity contribution in [3.8, 4) is 17.1 Å². The first-order valence-corrected chi connectivity index (χ1v) is 8.98. The number of aromatic nitrogens is 2. The van der Waals surface area contributed by atoms with Gasteiger partial charge in [-0.3, -0.25) is 0 Å². The quantitative estimate of drug-likeness (QED) is 0.519. The fourth-order valence-corrected chi connectivity index (χ4v) is 2.60. The lowest BCUT2D eigenvalue weighted by Crippen LogP contribution is -2.07. The zero-order valence-corrected chi connectivity index (χ0v) is 16.2. The number of carbonyl (C=O) groups is 1. The van der Waals surface area contributed by atoms with Gasteiger partial charge in [0.15, 0.2) is 6.61 Å². The molecule has 1 heterocycles. The minimum Gasteiger partial charge on any atom is -0.496 e. The molecule has 0 aliphatic heterocycles. The van der Waals surface area contributed by atoms with Gasteiger partial charge in [-0.2, -0.15) is 4.98 Å². The lowest BCUT2D eigenvalue weighted by Gasteiger charge is -2.10. The number of ether oxygens (including phenoxy) is 3. The van der Waals surface area contributed by atoms with E-state index in [4.69, 9.17) is 30.3 Å². The van der Waals surface area contributed by atoms with Crippen LogP contribution >= 0.6 is 11.6 Å². The summed E-state index contributed by atoms with van der Waals surface area (Å²) in [6, 6.07) is 12.0. The first-order chi connectivity index (χ1) is 13.6. The van der Waals surface area contributed by atoms with Gasteiger partial charge in [-0.25, -0.2) is 4.79 Å². The molecule has 0 atom stereocenters. The van der Waals surface area contributed by atoms with Crippen LogP contribution in [0.25, 0.3) is 11.4 Å². The third kappa shape index (κ3) is 4.88. The maximum absolute atomic E-state index is 12.3. The predicted octanol–water partition coefficient (Wildman–Crippen LogP) is 4.29. The van der Waals surface area contributed by atoms with Crippen molar-refractivity contribution in [3.05, 3.63) is 64.5 Å². The van der Waals surface area contributed by atoms with Gasteiger partial charge >= 0.3 is 5.97 Å². The van der Waals surface area contributed by atoms with Crippen molar-refractivity contribution in [2.24, 2.45) is 0 Å². The van der Waals surface area contributed by atoms with Crippen LogP contribution in [-0.2, 0) is 22.7 Å². The Morgan fingerprint density at radius 2 is 1.93 bits per heavy atom. The SMILES string of the molecule is CCOCc1cc(C(=O)OCc2nc(-c3ccc(Cl)cc3)no2)ccc1OC. The third-order valence-electron chi connectivity index (χ3n) is 3.88. The number of nitrogens with zero attached hydrogens (tertiary/aromatic N) is 2. The molecule has 0 spiro atoms. The molecule has 28 heavy (non-hydrogen) atoms. The largest absolute Gasteiger partial charge is 0.496 e. The Hall–Kier alpha value is -2.90. The number of esters is 1. The van der Waals surface area contributed by atoms with E-state index in [9.17, 15) is 4.79 Å². The lowest BCUT2D eigenvalue weighted by atomic mass is 10.1. The molecule has 146 valence electrons. The average Bonchev–Trinajstić information content (AvgIpc) is 3.19. The van der Waals surface area contributed by atoms with E-state index < -0.39 is 5.97 Å². The Labute approximate surface area is 167 Å². The van der Waals surface area contributed by atoms with Crippen LogP contribution in [0, 0.1) is 0 Å². The van der Waals surface area contributed by atoms with Gasteiger partial charge in [0.1, 0.15) is 5.75 Å². The van der Waals surface area contributed by atoms with Gasteiger partial charge in [0.2, 0.25) is 5.82 Å². The summed E-state index contributed by atoms with van der Waals surface area (Å²) in [4.78, 5) is 16.6. The minimum absolute atomic E-state index is 0.133. The van der Waals surface area contributed by atoms with Crippen molar-refractivity contribution in [1.29, 1.82) is 0 Å². The topological polar surface area (TPSA) is 83.7 Å². The molecule has 0 amide bonds. The Kier molecular flexibility index (Phi) is 6.62. The Balaban J connectivity index is 1.65. The molecule has 0 fully saturated rings. The normalized spacial score (nSPS) is 10.7. The first kappa shape index (κ1) is 19.9. The molecular formula is C20H19ClN2O5. The molecule has 1 aromatic heterocycles. The minimum atomic E-state index is -0.508. The molecule has 0 aliphatic carbocycles. The van der Waals surface area contributed by atoms with Gasteiger partial charge in [0.05, 0.1) is 19.3 Å². The van der Waals surface area contributed by atoms with Crippen LogP contribution in [-0.4, -0.2) is 29.8 Å². The molecule has 3 aromatic rings. The van der Waals surface area contributed by atoms with Crippen LogP contribution in [0.15, 0.2) is 47.0 Å². The lowest BCUT2D eigenvalue weighted by molar-refractivity contribution is 0.0429. The fourth-order valence-electron chi connectivity index (χ4n) is 2.47. The van der Waals surface area contributed by atoms with Crippen molar-refractivity contribution in [3.63, 3.8) is 0 Å². The third-order valence-corrected chi connectivity index (χ3v) is 4.13. The molecule has 2 aromatic carbocycles. The summed E-state index contributed by atoms with van der Waals surface area (Å²) in [5.41, 5.74) is 1.90. The van der Waals surface area contributed by atoms with Gasteiger partial charge in [-0.1, -0.05) is 16.8 Å². The van der Waals surface area contributed by atoms with Crippen LogP contribution in [0.2, 0.25) is 5.02 Å². The van der Waals surface area contributed by atoms with Crippen molar-refractivity contribution >= 4 is 17.6 Å². The average molecular weight is 403 g/mol. The second kappa shape index (κ2) is 9.34. The highest BCUT2D eigenvalue weighted by molar-refractivity contribution is 6.30. The van der Waals surface area contributed by atoms with E-state index in [-0.39, 0.29) is 12.5 Å². The molecule has 0 unspecified atom stereocenters. The van der Waals surface area contributed by atoms with Crippen LogP contribution in [0.4, 0.5) is 0 Å². The second-order valence-corrected chi connectivity index (χ2v) is 6.19. The number of hydrogen-bond acceptors (Lipinski definition) is 7. The molecule has 3 rings (SSSR count). The molecule has 0 N–H and O–H groups in total. The second-order valence-electron chi connectivity index (χ2n) is 5.76. The Morgan fingerprint density at radius 3 is 2.64 bits per heavy atom. The summed E-state index contributed by atoms with van der Waals surface area (Å²) < 4.78 is 21.1. The van der Waals surface area contributed by atoms with E-state index in [1.54, 1.807) is 49.6 Å². The first-order valence-electron chi connectivity index (χ1n) is 8.61. The van der Waals surface area contributed by atoms with E-state index in [1.165, 1.54) is 0 Å². The van der Waals surface area contributed by atoms with Crippen LogP contribution in [0.5, 0.6) is 5.75 Å². The highest BCUT2D eigenvalue weighted by atomic mass is 35.5. The number of methoxy groups -OCH3 is 1. The number of halogens is 1. The van der Waals surface area contributed by atoms with Crippen LogP contribution < -0.4 is 4.74 Å². The van der Waals surface area contributed by atoms with E-state index in [1.807, 2.05) is 6.92 Å². The zero-order chi connectivity index (χ0) is 19.9. The maximum Gasteiger partial charge on any atom is 0.338 e. The number of hydrogen-bond donors (Lipinski definition) is 0. The molecule has 0 aliphatic rings. The zero-order valence-electron chi connectivity index (χ0n) is 15.5. The van der Waals surface area contributed by atoms with Crippen molar-refractivity contribution in [1.82, 2.24) is 10.1 Å². The van der Waals surface area contributed by atoms with Crippen LogP contribution in [0.1, 0.15) is 28.7 Å². The van der Waals surface area contributed by atoms with Crippen molar-refractivity contribution in [2.75, 3.05) is 13.7 Å². The number of carbonyl (C=O) groups excluding carboxylic acids is 1. The van der Waals surface area contributed by atoms with E-state index in [2.05, 4.69) is 10.1 Å². The molecule has 7 nitrogen and oxygen atoms in total. The molecular weight excluding hydrogens is 384 g/mol. The van der Waals surface area contributed by atoms with Crippen LogP contribution in [0.3, 0.4) is 0 Å². The van der Waals surface area contributed by atoms with E-state index in [0.29, 0.717) is 35.4 Å². The molecule has 8 heteroatoms. The summed E-state index contributed by atoms with van der Waals surface area (Å²) in [5, 5.41) is 4.50. The summed E-state index contributed by atoms with van der Waals surface area (Å²) in [6.45, 7) is 2.67. The summed E-state index contributed by atoms with van der Waals surface area (Å²) in [6.07, 6.45) is 0. The standard InChI is InChI=1S/C20H19ClN2O5/c1-3-26-11-15-10-14(6-9-17(15)25-2)20(24)27-12-18-22-19(23-28-18)13-4-7-16(21)8-5-13/h4-10H,3,11-12H2,1-2H3. The van der Waals surface area contributed by atoms with E-state index in [0.717, 1.165) is 11.1 Å². The Bertz CT molecular complexity index is 940. The fraction of sp³-hybridized carbons (Fsp3) is 0.250. The summed E-state index contributed by atoms with van der Waals surface area (Å²) in [7, 11) is 1.57. The smallest absolute Gasteiger partial charge is 0.338 e. The number of benzene rings is 2. The monoisotopic (exact) mass is 402 g/mol. The van der Waals surface area contributed by atoms with Crippen molar-refractivity contribution < 1.29 is 23.5 Å². The van der Waals surface area contributed by atoms with E-state index >= 15 is 0 Å². The van der Waals surface area contributed by atoms with Gasteiger partial charge in [0, 0.05) is 22.8 Å². The summed E-state index contributed by atoms with van der Waals surface area (Å²) in [5.74, 6) is 0.730. The Morgan fingerprint density at radius 1 is 1.14 bits per heavy atom.